The molecule has 0 spiro atoms. The molecule has 2 nitrogen and oxygen atoms in total. The Labute approximate surface area is 68.4 Å². The van der Waals surface area contributed by atoms with Gasteiger partial charge in [0.1, 0.15) is 5.78 Å². The second-order valence-electron chi connectivity index (χ2n) is 3.39. The molecule has 1 aliphatic rings. The molecule has 0 aromatic rings. The summed E-state index contributed by atoms with van der Waals surface area (Å²) >= 11 is 0. The normalized spacial score (nSPS) is 19.0. The van der Waals surface area contributed by atoms with Gasteiger partial charge in [0.2, 0.25) is 0 Å². The van der Waals surface area contributed by atoms with Crippen LogP contribution in [0.2, 0.25) is 0 Å². The predicted octanol–water partition coefficient (Wildman–Crippen LogP) is 1.50. The first-order valence-electron chi connectivity index (χ1n) is 4.52. The van der Waals surface area contributed by atoms with Crippen LogP contribution in [0.1, 0.15) is 39.0 Å². The molecule has 2 heteroatoms. The van der Waals surface area contributed by atoms with Crippen molar-refractivity contribution >= 4 is 5.78 Å². The van der Waals surface area contributed by atoms with Crippen LogP contribution in [0.4, 0.5) is 0 Å². The van der Waals surface area contributed by atoms with Crippen LogP contribution >= 0.6 is 0 Å². The van der Waals surface area contributed by atoms with E-state index >= 15 is 0 Å². The van der Waals surface area contributed by atoms with Crippen molar-refractivity contribution < 1.29 is 4.79 Å². The zero-order chi connectivity index (χ0) is 8.10. The van der Waals surface area contributed by atoms with Crippen LogP contribution in [0, 0.1) is 0 Å². The van der Waals surface area contributed by atoms with E-state index in [9.17, 15) is 4.79 Å². The second-order valence-corrected chi connectivity index (χ2v) is 3.39. The molecule has 1 N–H and O–H groups in total. The fourth-order valence-corrected chi connectivity index (χ4v) is 1.58. The largest absolute Gasteiger partial charge is 0.314 e. The smallest absolute Gasteiger partial charge is 0.131 e. The van der Waals surface area contributed by atoms with Gasteiger partial charge in [0, 0.05) is 19.0 Å². The summed E-state index contributed by atoms with van der Waals surface area (Å²) in [6, 6.07) is 0.703. The van der Waals surface area contributed by atoms with Gasteiger partial charge < -0.3 is 5.32 Å². The summed E-state index contributed by atoms with van der Waals surface area (Å²) in [4.78, 5) is 10.6. The van der Waals surface area contributed by atoms with E-state index in [4.69, 9.17) is 0 Å². The number of Topliss-reactive ketones (excluding diaryl/α,β-unsaturated/α-hetero) is 1. The highest BCUT2D eigenvalue weighted by Gasteiger charge is 2.13. The van der Waals surface area contributed by atoms with Gasteiger partial charge in [0.25, 0.3) is 0 Å². The first-order valence-corrected chi connectivity index (χ1v) is 4.52. The molecule has 1 fully saturated rings. The third-order valence-corrected chi connectivity index (χ3v) is 2.27. The Morgan fingerprint density at radius 2 is 2.09 bits per heavy atom. The minimum Gasteiger partial charge on any atom is -0.314 e. The first kappa shape index (κ1) is 8.72. The molecule has 1 saturated carbocycles. The summed E-state index contributed by atoms with van der Waals surface area (Å²) in [7, 11) is 0. The summed E-state index contributed by atoms with van der Waals surface area (Å²) < 4.78 is 0. The van der Waals surface area contributed by atoms with Crippen molar-refractivity contribution in [2.45, 2.75) is 45.1 Å². The third-order valence-electron chi connectivity index (χ3n) is 2.27. The maximum atomic E-state index is 10.6. The lowest BCUT2D eigenvalue weighted by Crippen LogP contribution is -2.27. The van der Waals surface area contributed by atoms with E-state index in [0.717, 1.165) is 6.54 Å². The standard InChI is InChI=1S/C9H17NO/c1-8(11)6-7-10-9-4-2-3-5-9/h9-10H,2-7H2,1H3. The molecule has 0 aromatic carbocycles. The highest BCUT2D eigenvalue weighted by Crippen LogP contribution is 2.17. The van der Waals surface area contributed by atoms with Crippen molar-refractivity contribution in [3.05, 3.63) is 0 Å². The molecular weight excluding hydrogens is 138 g/mol. The number of hydrogen-bond acceptors (Lipinski definition) is 2. The minimum atomic E-state index is 0.287. The second kappa shape index (κ2) is 4.50. The van der Waals surface area contributed by atoms with E-state index in [-0.39, 0.29) is 5.78 Å². The maximum Gasteiger partial charge on any atom is 0.131 e. The summed E-state index contributed by atoms with van der Waals surface area (Å²) in [6.07, 6.45) is 6.02. The molecule has 11 heavy (non-hydrogen) atoms. The minimum absolute atomic E-state index is 0.287. The Morgan fingerprint density at radius 1 is 1.45 bits per heavy atom. The SMILES string of the molecule is CC(=O)CCNC1CCCC1. The summed E-state index contributed by atoms with van der Waals surface area (Å²) in [5.74, 6) is 0.287. The van der Waals surface area contributed by atoms with Crippen LogP contribution in [0.15, 0.2) is 0 Å². The number of hydrogen-bond donors (Lipinski definition) is 1. The van der Waals surface area contributed by atoms with Crippen molar-refractivity contribution in [2.75, 3.05) is 6.54 Å². The average molecular weight is 155 g/mol. The molecule has 0 bridgehead atoms. The molecular formula is C9H17NO. The van der Waals surface area contributed by atoms with Crippen LogP contribution in [0.3, 0.4) is 0 Å². The predicted molar refractivity (Wildman–Crippen MR) is 45.6 cm³/mol. The highest BCUT2D eigenvalue weighted by molar-refractivity contribution is 5.75. The Hall–Kier alpha value is -0.370. The fourth-order valence-electron chi connectivity index (χ4n) is 1.58. The van der Waals surface area contributed by atoms with Gasteiger partial charge in [-0.25, -0.2) is 0 Å². The number of rotatable bonds is 4. The van der Waals surface area contributed by atoms with Gasteiger partial charge >= 0.3 is 0 Å². The number of carbonyl (C=O) groups excluding carboxylic acids is 1. The van der Waals surface area contributed by atoms with Gasteiger partial charge in [0.05, 0.1) is 0 Å². The topological polar surface area (TPSA) is 29.1 Å². The quantitative estimate of drug-likeness (QED) is 0.666. The number of ketones is 1. The van der Waals surface area contributed by atoms with Crippen LogP contribution in [-0.4, -0.2) is 18.4 Å². The van der Waals surface area contributed by atoms with Crippen LogP contribution in [0.5, 0.6) is 0 Å². The van der Waals surface area contributed by atoms with Crippen molar-refractivity contribution in [3.63, 3.8) is 0 Å². The van der Waals surface area contributed by atoms with Gasteiger partial charge in [-0.2, -0.15) is 0 Å². The molecule has 0 aromatic heterocycles. The summed E-state index contributed by atoms with van der Waals surface area (Å²) in [5, 5.41) is 3.39. The van der Waals surface area contributed by atoms with E-state index in [1.54, 1.807) is 6.92 Å². The monoisotopic (exact) mass is 155 g/mol. The molecule has 0 amide bonds. The summed E-state index contributed by atoms with van der Waals surface area (Å²) in [6.45, 7) is 2.52. The molecule has 1 rings (SSSR count). The Morgan fingerprint density at radius 3 is 2.64 bits per heavy atom. The Kier molecular flexibility index (Phi) is 3.57. The maximum absolute atomic E-state index is 10.6. The summed E-state index contributed by atoms with van der Waals surface area (Å²) in [5.41, 5.74) is 0. The molecule has 1 aliphatic carbocycles. The van der Waals surface area contributed by atoms with Crippen LogP contribution in [0.25, 0.3) is 0 Å². The lowest BCUT2D eigenvalue weighted by atomic mass is 10.2. The van der Waals surface area contributed by atoms with E-state index in [1.165, 1.54) is 25.7 Å². The molecule has 0 atom stereocenters. The fraction of sp³-hybridized carbons (Fsp3) is 0.889. The lowest BCUT2D eigenvalue weighted by Gasteiger charge is -2.09. The van der Waals surface area contributed by atoms with Crippen LogP contribution in [-0.2, 0) is 4.79 Å². The van der Waals surface area contributed by atoms with Crippen molar-refractivity contribution in [1.29, 1.82) is 0 Å². The van der Waals surface area contributed by atoms with Crippen molar-refractivity contribution in [1.82, 2.24) is 5.32 Å². The zero-order valence-electron chi connectivity index (χ0n) is 7.23. The van der Waals surface area contributed by atoms with E-state index in [0.29, 0.717) is 12.5 Å². The first-order chi connectivity index (χ1) is 5.29. The van der Waals surface area contributed by atoms with E-state index in [2.05, 4.69) is 5.32 Å². The van der Waals surface area contributed by atoms with Crippen molar-refractivity contribution in [2.24, 2.45) is 0 Å². The molecule has 0 radical (unpaired) electrons. The lowest BCUT2D eigenvalue weighted by molar-refractivity contribution is -0.116. The Bertz CT molecular complexity index is 128. The van der Waals surface area contributed by atoms with Gasteiger partial charge in [0.15, 0.2) is 0 Å². The number of carbonyl (C=O) groups is 1. The number of nitrogens with one attached hydrogen (secondary N) is 1. The van der Waals surface area contributed by atoms with Gasteiger partial charge in [-0.1, -0.05) is 12.8 Å². The van der Waals surface area contributed by atoms with Gasteiger partial charge in [-0.3, -0.25) is 4.79 Å². The van der Waals surface area contributed by atoms with Crippen LogP contribution < -0.4 is 5.32 Å². The van der Waals surface area contributed by atoms with Crippen molar-refractivity contribution in [3.8, 4) is 0 Å². The van der Waals surface area contributed by atoms with E-state index < -0.39 is 0 Å². The molecule has 0 unspecified atom stereocenters. The zero-order valence-corrected chi connectivity index (χ0v) is 7.23. The highest BCUT2D eigenvalue weighted by atomic mass is 16.1. The third kappa shape index (κ3) is 3.51. The van der Waals surface area contributed by atoms with Gasteiger partial charge in [-0.15, -0.1) is 0 Å². The van der Waals surface area contributed by atoms with E-state index in [1.807, 2.05) is 0 Å². The molecule has 0 aliphatic heterocycles. The average Bonchev–Trinajstić information content (AvgIpc) is 2.39. The Balaban J connectivity index is 1.98. The molecule has 64 valence electrons. The molecule has 0 saturated heterocycles. The van der Waals surface area contributed by atoms with Gasteiger partial charge in [-0.05, 0) is 19.8 Å². The molecule has 0 heterocycles.